The molecule has 3 rings (SSSR count). The Hall–Kier alpha value is -1.55. The van der Waals surface area contributed by atoms with Crippen LogP contribution in [0.15, 0.2) is 30.3 Å². The summed E-state index contributed by atoms with van der Waals surface area (Å²) in [6.45, 7) is 3.35. The molecule has 1 heterocycles. The van der Waals surface area contributed by atoms with Crippen LogP contribution >= 0.6 is 11.5 Å². The Labute approximate surface area is 118 Å². The van der Waals surface area contributed by atoms with Crippen molar-refractivity contribution in [1.82, 2.24) is 4.37 Å². The van der Waals surface area contributed by atoms with Crippen LogP contribution in [0, 0.1) is 5.41 Å². The minimum Gasteiger partial charge on any atom is -0.382 e. The van der Waals surface area contributed by atoms with Gasteiger partial charge in [-0.15, -0.1) is 0 Å². The van der Waals surface area contributed by atoms with E-state index in [9.17, 15) is 0 Å². The number of aromatic nitrogens is 1. The molecule has 3 N–H and O–H groups in total. The molecule has 1 aromatic carbocycles. The van der Waals surface area contributed by atoms with E-state index in [1.165, 1.54) is 30.8 Å². The maximum atomic E-state index is 6.02. The van der Waals surface area contributed by atoms with Gasteiger partial charge in [-0.1, -0.05) is 43.7 Å². The van der Waals surface area contributed by atoms with E-state index in [4.69, 9.17) is 5.73 Å². The number of nitrogens with two attached hydrogens (primary N) is 1. The standard InChI is InChI=1S/C15H19N3S/c1-15(8-5-9-15)10-17-14-12(13(16)18-19-14)11-6-3-2-4-7-11/h2-4,6-7,17H,5,8-10H2,1H3,(H2,16,18). The minimum atomic E-state index is 0.451. The summed E-state index contributed by atoms with van der Waals surface area (Å²) in [5.41, 5.74) is 8.65. The first-order valence-electron chi connectivity index (χ1n) is 6.72. The molecule has 0 aliphatic heterocycles. The molecule has 19 heavy (non-hydrogen) atoms. The smallest absolute Gasteiger partial charge is 0.147 e. The monoisotopic (exact) mass is 273 g/mol. The summed E-state index contributed by atoms with van der Waals surface area (Å²) in [4.78, 5) is 0. The van der Waals surface area contributed by atoms with Gasteiger partial charge in [-0.05, 0) is 35.4 Å². The van der Waals surface area contributed by atoms with Crippen molar-refractivity contribution in [2.75, 3.05) is 17.6 Å². The Kier molecular flexibility index (Phi) is 3.19. The second kappa shape index (κ2) is 4.85. The van der Waals surface area contributed by atoms with Crippen molar-refractivity contribution in [2.45, 2.75) is 26.2 Å². The van der Waals surface area contributed by atoms with Gasteiger partial charge in [0.25, 0.3) is 0 Å². The predicted octanol–water partition coefficient (Wildman–Crippen LogP) is 3.99. The molecule has 0 amide bonds. The lowest BCUT2D eigenvalue weighted by Crippen LogP contribution is -2.33. The van der Waals surface area contributed by atoms with Gasteiger partial charge in [-0.2, -0.15) is 4.37 Å². The lowest BCUT2D eigenvalue weighted by molar-refractivity contribution is 0.180. The second-order valence-electron chi connectivity index (χ2n) is 5.66. The van der Waals surface area contributed by atoms with Crippen molar-refractivity contribution in [1.29, 1.82) is 0 Å². The minimum absolute atomic E-state index is 0.451. The average molecular weight is 273 g/mol. The van der Waals surface area contributed by atoms with Gasteiger partial charge in [-0.3, -0.25) is 0 Å². The van der Waals surface area contributed by atoms with Crippen LogP contribution in [0.5, 0.6) is 0 Å². The van der Waals surface area contributed by atoms with Crippen LogP contribution < -0.4 is 11.1 Å². The Balaban J connectivity index is 1.82. The molecule has 0 bridgehead atoms. The van der Waals surface area contributed by atoms with E-state index in [1.807, 2.05) is 18.2 Å². The highest BCUT2D eigenvalue weighted by Crippen LogP contribution is 2.42. The van der Waals surface area contributed by atoms with Gasteiger partial charge in [0.2, 0.25) is 0 Å². The van der Waals surface area contributed by atoms with E-state index in [1.54, 1.807) is 0 Å². The number of nitrogen functional groups attached to an aromatic ring is 1. The fourth-order valence-electron chi connectivity index (χ4n) is 2.56. The van der Waals surface area contributed by atoms with Crippen molar-refractivity contribution < 1.29 is 0 Å². The molecule has 1 fully saturated rings. The van der Waals surface area contributed by atoms with Crippen LogP contribution in [-0.2, 0) is 0 Å². The Morgan fingerprint density at radius 2 is 2.05 bits per heavy atom. The maximum absolute atomic E-state index is 6.02. The second-order valence-corrected chi connectivity index (χ2v) is 6.43. The molecule has 2 aromatic rings. The summed E-state index contributed by atoms with van der Waals surface area (Å²) < 4.78 is 4.29. The molecule has 100 valence electrons. The summed E-state index contributed by atoms with van der Waals surface area (Å²) in [6, 6.07) is 10.2. The molecule has 1 saturated carbocycles. The quantitative estimate of drug-likeness (QED) is 0.885. The Morgan fingerprint density at radius 3 is 2.68 bits per heavy atom. The zero-order valence-corrected chi connectivity index (χ0v) is 12.0. The van der Waals surface area contributed by atoms with E-state index < -0.39 is 0 Å². The van der Waals surface area contributed by atoms with Crippen molar-refractivity contribution in [2.24, 2.45) is 5.41 Å². The fourth-order valence-corrected chi connectivity index (χ4v) is 3.29. The Bertz CT molecular complexity index is 558. The van der Waals surface area contributed by atoms with Gasteiger partial charge in [0.1, 0.15) is 10.8 Å². The molecule has 0 atom stereocenters. The van der Waals surface area contributed by atoms with Gasteiger partial charge in [0, 0.05) is 6.54 Å². The molecular formula is C15H19N3S. The lowest BCUT2D eigenvalue weighted by Gasteiger charge is -2.38. The number of anilines is 2. The summed E-state index contributed by atoms with van der Waals surface area (Å²) in [6.07, 6.45) is 3.98. The number of nitrogens with zero attached hydrogens (tertiary/aromatic N) is 1. The molecule has 1 aromatic heterocycles. The van der Waals surface area contributed by atoms with Gasteiger partial charge >= 0.3 is 0 Å². The molecule has 1 aliphatic rings. The molecule has 0 unspecified atom stereocenters. The third-order valence-corrected chi connectivity index (χ3v) is 4.84. The third kappa shape index (κ3) is 2.45. The predicted molar refractivity (Wildman–Crippen MR) is 82.4 cm³/mol. The topological polar surface area (TPSA) is 50.9 Å². The average Bonchev–Trinajstić information content (AvgIpc) is 2.76. The highest BCUT2D eigenvalue weighted by Gasteiger charge is 2.31. The SMILES string of the molecule is CC1(CNc2snc(N)c2-c2ccccc2)CCC1. The molecule has 0 radical (unpaired) electrons. The number of nitrogens with one attached hydrogen (secondary N) is 1. The first kappa shape index (κ1) is 12.5. The molecule has 1 aliphatic carbocycles. The molecule has 3 nitrogen and oxygen atoms in total. The zero-order chi connectivity index (χ0) is 13.3. The van der Waals surface area contributed by atoms with Crippen molar-refractivity contribution in [3.05, 3.63) is 30.3 Å². The van der Waals surface area contributed by atoms with Gasteiger partial charge in [0.05, 0.1) is 5.56 Å². The number of hydrogen-bond acceptors (Lipinski definition) is 4. The lowest BCUT2D eigenvalue weighted by atomic mass is 9.70. The van der Waals surface area contributed by atoms with E-state index in [0.29, 0.717) is 11.2 Å². The van der Waals surface area contributed by atoms with Crippen LogP contribution in [0.25, 0.3) is 11.1 Å². The van der Waals surface area contributed by atoms with Crippen LogP contribution in [0.2, 0.25) is 0 Å². The van der Waals surface area contributed by atoms with Crippen molar-refractivity contribution >= 4 is 22.4 Å². The molecule has 0 saturated heterocycles. The van der Waals surface area contributed by atoms with Gasteiger partial charge in [0.15, 0.2) is 0 Å². The van der Waals surface area contributed by atoms with E-state index in [-0.39, 0.29) is 0 Å². The van der Waals surface area contributed by atoms with Crippen molar-refractivity contribution in [3.63, 3.8) is 0 Å². The largest absolute Gasteiger partial charge is 0.382 e. The maximum Gasteiger partial charge on any atom is 0.147 e. The number of hydrogen-bond donors (Lipinski definition) is 2. The number of benzene rings is 1. The van der Waals surface area contributed by atoms with E-state index in [0.717, 1.165) is 22.7 Å². The highest BCUT2D eigenvalue weighted by molar-refractivity contribution is 7.11. The summed E-state index contributed by atoms with van der Waals surface area (Å²) in [7, 11) is 0. The van der Waals surface area contributed by atoms with Gasteiger partial charge < -0.3 is 11.1 Å². The van der Waals surface area contributed by atoms with Crippen LogP contribution in [0.3, 0.4) is 0 Å². The molecule has 0 spiro atoms. The van der Waals surface area contributed by atoms with Crippen LogP contribution in [-0.4, -0.2) is 10.9 Å². The zero-order valence-electron chi connectivity index (χ0n) is 11.1. The van der Waals surface area contributed by atoms with Crippen LogP contribution in [0.1, 0.15) is 26.2 Å². The number of rotatable bonds is 4. The van der Waals surface area contributed by atoms with Crippen molar-refractivity contribution in [3.8, 4) is 11.1 Å². The van der Waals surface area contributed by atoms with E-state index >= 15 is 0 Å². The summed E-state index contributed by atoms with van der Waals surface area (Å²) >= 11 is 1.46. The first-order chi connectivity index (χ1) is 9.18. The van der Waals surface area contributed by atoms with E-state index in [2.05, 4.69) is 28.7 Å². The summed E-state index contributed by atoms with van der Waals surface area (Å²) in [5, 5.41) is 4.65. The summed E-state index contributed by atoms with van der Waals surface area (Å²) in [5.74, 6) is 0.623. The molecular weight excluding hydrogens is 254 g/mol. The Morgan fingerprint density at radius 1 is 1.32 bits per heavy atom. The normalized spacial score (nSPS) is 16.9. The van der Waals surface area contributed by atoms with Gasteiger partial charge in [-0.25, -0.2) is 0 Å². The first-order valence-corrected chi connectivity index (χ1v) is 7.50. The molecule has 4 heteroatoms. The third-order valence-electron chi connectivity index (χ3n) is 4.02. The fraction of sp³-hybridized carbons (Fsp3) is 0.400. The highest BCUT2D eigenvalue weighted by atomic mass is 32.1. The van der Waals surface area contributed by atoms with Crippen LogP contribution in [0.4, 0.5) is 10.8 Å².